The van der Waals surface area contributed by atoms with E-state index in [1.807, 2.05) is 24.3 Å². The van der Waals surface area contributed by atoms with Crippen LogP contribution in [0, 0.1) is 12.4 Å². The SMILES string of the molecule is [C-]#[N+]C1CN(c2cccc(F)c2)C(=O)N1c1cncc2ccccc12. The van der Waals surface area contributed by atoms with Gasteiger partial charge in [0.05, 0.1) is 11.9 Å². The van der Waals surface area contributed by atoms with Crippen LogP contribution in [0.25, 0.3) is 15.6 Å². The molecule has 1 saturated heterocycles. The lowest BCUT2D eigenvalue weighted by atomic mass is 10.1. The van der Waals surface area contributed by atoms with Gasteiger partial charge in [-0.05, 0) is 18.2 Å². The fraction of sp³-hybridized carbons (Fsp3) is 0.105. The lowest BCUT2D eigenvalue weighted by molar-refractivity contribution is 0.255. The van der Waals surface area contributed by atoms with Crippen LogP contribution < -0.4 is 9.80 Å². The third-order valence-electron chi connectivity index (χ3n) is 4.26. The number of pyridine rings is 1. The van der Waals surface area contributed by atoms with E-state index in [0.29, 0.717) is 11.4 Å². The van der Waals surface area contributed by atoms with Gasteiger partial charge in [-0.3, -0.25) is 14.7 Å². The average molecular weight is 332 g/mol. The minimum Gasteiger partial charge on any atom is -0.287 e. The van der Waals surface area contributed by atoms with Crippen LogP contribution in [0.1, 0.15) is 0 Å². The zero-order valence-corrected chi connectivity index (χ0v) is 13.1. The summed E-state index contributed by atoms with van der Waals surface area (Å²) in [4.78, 5) is 23.6. The Morgan fingerprint density at radius 2 is 2.00 bits per heavy atom. The highest BCUT2D eigenvalue weighted by Crippen LogP contribution is 2.33. The molecular weight excluding hydrogens is 319 g/mol. The quantitative estimate of drug-likeness (QED) is 0.664. The van der Waals surface area contributed by atoms with Gasteiger partial charge < -0.3 is 0 Å². The van der Waals surface area contributed by atoms with Gasteiger partial charge in [-0.15, -0.1) is 0 Å². The van der Waals surface area contributed by atoms with Gasteiger partial charge in [-0.25, -0.2) is 20.7 Å². The highest BCUT2D eigenvalue weighted by Gasteiger charge is 2.44. The molecule has 25 heavy (non-hydrogen) atoms. The van der Waals surface area contributed by atoms with Crippen molar-refractivity contribution in [1.29, 1.82) is 0 Å². The molecule has 0 bridgehead atoms. The Labute approximate surface area is 143 Å². The van der Waals surface area contributed by atoms with Gasteiger partial charge in [-0.2, -0.15) is 0 Å². The van der Waals surface area contributed by atoms with Gasteiger partial charge >= 0.3 is 12.2 Å². The van der Waals surface area contributed by atoms with Crippen molar-refractivity contribution in [3.8, 4) is 0 Å². The third-order valence-corrected chi connectivity index (χ3v) is 4.26. The topological polar surface area (TPSA) is 40.8 Å². The first-order valence-electron chi connectivity index (χ1n) is 7.74. The largest absolute Gasteiger partial charge is 0.335 e. The van der Waals surface area contributed by atoms with E-state index >= 15 is 0 Å². The molecule has 0 radical (unpaired) electrons. The van der Waals surface area contributed by atoms with E-state index in [1.165, 1.54) is 21.9 Å². The van der Waals surface area contributed by atoms with Crippen molar-refractivity contribution in [2.75, 3.05) is 16.3 Å². The number of fused-ring (bicyclic) bond motifs is 1. The Morgan fingerprint density at radius 1 is 1.16 bits per heavy atom. The summed E-state index contributed by atoms with van der Waals surface area (Å²) in [7, 11) is 0. The Bertz CT molecular complexity index is 1010. The lowest BCUT2D eigenvalue weighted by Crippen LogP contribution is -2.34. The van der Waals surface area contributed by atoms with Crippen LogP contribution in [0.4, 0.5) is 20.6 Å². The van der Waals surface area contributed by atoms with Gasteiger partial charge in [0.15, 0.2) is 0 Å². The first-order chi connectivity index (χ1) is 12.2. The molecule has 1 fully saturated rings. The number of aromatic nitrogens is 1. The molecule has 1 aromatic heterocycles. The van der Waals surface area contributed by atoms with E-state index in [-0.39, 0.29) is 12.6 Å². The predicted molar refractivity (Wildman–Crippen MR) is 93.8 cm³/mol. The van der Waals surface area contributed by atoms with Gasteiger partial charge in [0.2, 0.25) is 0 Å². The number of anilines is 2. The summed E-state index contributed by atoms with van der Waals surface area (Å²) >= 11 is 0. The van der Waals surface area contributed by atoms with E-state index in [0.717, 1.165) is 10.8 Å². The summed E-state index contributed by atoms with van der Waals surface area (Å²) in [5, 5.41) is 1.74. The van der Waals surface area contributed by atoms with Gasteiger partial charge in [0, 0.05) is 22.7 Å². The Morgan fingerprint density at radius 3 is 2.80 bits per heavy atom. The summed E-state index contributed by atoms with van der Waals surface area (Å²) in [6, 6.07) is 13.0. The van der Waals surface area contributed by atoms with Gasteiger partial charge in [0.25, 0.3) is 0 Å². The van der Waals surface area contributed by atoms with Crippen molar-refractivity contribution in [3.05, 3.63) is 78.2 Å². The third kappa shape index (κ3) is 2.46. The van der Waals surface area contributed by atoms with Crippen molar-refractivity contribution in [2.24, 2.45) is 0 Å². The molecule has 1 aliphatic rings. The molecular formula is C19H13FN4O. The molecule has 2 amide bonds. The fourth-order valence-corrected chi connectivity index (χ4v) is 3.10. The fourth-order valence-electron chi connectivity index (χ4n) is 3.10. The van der Waals surface area contributed by atoms with Crippen LogP contribution >= 0.6 is 0 Å². The van der Waals surface area contributed by atoms with E-state index in [2.05, 4.69) is 9.83 Å². The van der Waals surface area contributed by atoms with E-state index < -0.39 is 12.0 Å². The molecule has 4 rings (SSSR count). The zero-order chi connectivity index (χ0) is 17.4. The van der Waals surface area contributed by atoms with Crippen molar-refractivity contribution >= 4 is 28.2 Å². The standard InChI is InChI=1S/C19H13FN4O/c1-21-18-12-23(15-7-4-6-14(20)9-15)19(25)24(18)17-11-22-10-13-5-2-3-8-16(13)17/h2-11,18H,12H2. The molecule has 0 aliphatic carbocycles. The minimum absolute atomic E-state index is 0.176. The van der Waals surface area contributed by atoms with Crippen LogP contribution in [0.2, 0.25) is 0 Å². The van der Waals surface area contributed by atoms with E-state index in [1.54, 1.807) is 24.5 Å². The maximum Gasteiger partial charge on any atom is 0.335 e. The summed E-state index contributed by atoms with van der Waals surface area (Å²) in [5.41, 5.74) is 1.03. The number of hydrogen-bond acceptors (Lipinski definition) is 2. The Balaban J connectivity index is 1.81. The van der Waals surface area contributed by atoms with E-state index in [9.17, 15) is 9.18 Å². The van der Waals surface area contributed by atoms with Crippen LogP contribution in [0.3, 0.4) is 0 Å². The number of nitrogens with zero attached hydrogens (tertiary/aromatic N) is 4. The molecule has 1 atom stereocenters. The smallest absolute Gasteiger partial charge is 0.287 e. The molecule has 6 heteroatoms. The Hall–Kier alpha value is -3.46. The molecule has 0 spiro atoms. The average Bonchev–Trinajstić information content (AvgIpc) is 2.97. The number of rotatable bonds is 2. The monoisotopic (exact) mass is 332 g/mol. The second-order valence-electron chi connectivity index (χ2n) is 5.73. The zero-order valence-electron chi connectivity index (χ0n) is 13.1. The van der Waals surface area contributed by atoms with E-state index in [4.69, 9.17) is 6.57 Å². The molecule has 3 aromatic rings. The maximum atomic E-state index is 13.5. The minimum atomic E-state index is -0.691. The summed E-state index contributed by atoms with van der Waals surface area (Å²) in [6.07, 6.45) is 2.62. The number of urea groups is 1. The molecule has 122 valence electrons. The maximum absolute atomic E-state index is 13.5. The molecule has 0 N–H and O–H groups in total. The van der Waals surface area contributed by atoms with Crippen molar-refractivity contribution in [2.45, 2.75) is 6.17 Å². The lowest BCUT2D eigenvalue weighted by Gasteiger charge is -2.19. The molecule has 2 heterocycles. The van der Waals surface area contributed by atoms with Crippen molar-refractivity contribution in [1.82, 2.24) is 4.98 Å². The molecule has 1 aliphatic heterocycles. The number of carbonyl (C=O) groups excluding carboxylic acids is 1. The first-order valence-corrected chi connectivity index (χ1v) is 7.74. The van der Waals surface area contributed by atoms with Crippen LogP contribution in [0.15, 0.2) is 60.9 Å². The van der Waals surface area contributed by atoms with Crippen LogP contribution in [-0.2, 0) is 0 Å². The summed E-state index contributed by atoms with van der Waals surface area (Å²) in [6.45, 7) is 7.66. The highest BCUT2D eigenvalue weighted by atomic mass is 19.1. The number of carbonyl (C=O) groups is 1. The highest BCUT2D eigenvalue weighted by molar-refractivity contribution is 6.11. The second kappa shape index (κ2) is 5.87. The number of hydrogen-bond donors (Lipinski definition) is 0. The molecule has 0 saturated carbocycles. The molecule has 1 unspecified atom stereocenters. The first kappa shape index (κ1) is 15.1. The number of halogens is 1. The van der Waals surface area contributed by atoms with Crippen LogP contribution in [-0.4, -0.2) is 23.7 Å². The normalized spacial score (nSPS) is 17.1. The van der Waals surface area contributed by atoms with Gasteiger partial charge in [0.1, 0.15) is 12.4 Å². The Kier molecular flexibility index (Phi) is 3.55. The number of amides is 2. The molecule has 2 aromatic carbocycles. The van der Waals surface area contributed by atoms with Crippen molar-refractivity contribution in [3.63, 3.8) is 0 Å². The van der Waals surface area contributed by atoms with Crippen LogP contribution in [0.5, 0.6) is 0 Å². The molecule has 5 nitrogen and oxygen atoms in total. The second-order valence-corrected chi connectivity index (χ2v) is 5.73. The summed E-state index contributed by atoms with van der Waals surface area (Å²) in [5.74, 6) is -0.421. The summed E-state index contributed by atoms with van der Waals surface area (Å²) < 4.78 is 13.5. The predicted octanol–water partition coefficient (Wildman–Crippen LogP) is 4.07. The number of benzene rings is 2. The van der Waals surface area contributed by atoms with Crippen molar-refractivity contribution < 1.29 is 9.18 Å². The van der Waals surface area contributed by atoms with Gasteiger partial charge in [-0.1, -0.05) is 30.3 Å².